The topological polar surface area (TPSA) is 47.6 Å². The zero-order valence-corrected chi connectivity index (χ0v) is 11.8. The van der Waals surface area contributed by atoms with Crippen molar-refractivity contribution in [2.45, 2.75) is 13.0 Å². The molecule has 0 fully saturated rings. The van der Waals surface area contributed by atoms with Gasteiger partial charge in [-0.2, -0.15) is 0 Å². The first-order chi connectivity index (χ1) is 10.1. The van der Waals surface area contributed by atoms with E-state index in [9.17, 15) is 9.18 Å². The number of amides is 1. The van der Waals surface area contributed by atoms with Crippen LogP contribution in [-0.4, -0.2) is 19.1 Å². The summed E-state index contributed by atoms with van der Waals surface area (Å²) in [6.07, 6.45) is -0.722. The lowest BCUT2D eigenvalue weighted by molar-refractivity contribution is -0.122. The van der Waals surface area contributed by atoms with E-state index in [1.807, 2.05) is 0 Å². The molecule has 2 aromatic carbocycles. The van der Waals surface area contributed by atoms with Gasteiger partial charge in [0.25, 0.3) is 5.91 Å². The molecular weight excluding hydrogens is 273 g/mol. The van der Waals surface area contributed by atoms with Crippen LogP contribution in [0.4, 0.5) is 10.1 Å². The Morgan fingerprint density at radius 1 is 1.14 bits per heavy atom. The minimum absolute atomic E-state index is 0.358. The number of halogens is 1. The van der Waals surface area contributed by atoms with Crippen molar-refractivity contribution in [1.82, 2.24) is 0 Å². The minimum Gasteiger partial charge on any atom is -0.497 e. The number of hydrogen-bond acceptors (Lipinski definition) is 3. The molecule has 0 saturated carbocycles. The number of rotatable bonds is 5. The molecular formula is C16H16FNO3. The highest BCUT2D eigenvalue weighted by atomic mass is 19.1. The summed E-state index contributed by atoms with van der Waals surface area (Å²) in [5.41, 5.74) is 0.390. The van der Waals surface area contributed by atoms with Crippen LogP contribution in [0, 0.1) is 5.82 Å². The highest BCUT2D eigenvalue weighted by Crippen LogP contribution is 2.20. The molecule has 0 aliphatic heterocycles. The molecule has 1 unspecified atom stereocenters. The average molecular weight is 289 g/mol. The zero-order chi connectivity index (χ0) is 15.2. The second-order valence-electron chi connectivity index (χ2n) is 4.44. The van der Waals surface area contributed by atoms with Crippen LogP contribution in [0.1, 0.15) is 6.92 Å². The predicted octanol–water partition coefficient (Wildman–Crippen LogP) is 3.24. The lowest BCUT2D eigenvalue weighted by atomic mass is 10.3. The molecule has 0 bridgehead atoms. The van der Waals surface area contributed by atoms with Crippen molar-refractivity contribution in [3.63, 3.8) is 0 Å². The number of benzene rings is 2. The van der Waals surface area contributed by atoms with Gasteiger partial charge in [0, 0.05) is 11.8 Å². The summed E-state index contributed by atoms with van der Waals surface area (Å²) in [6.45, 7) is 1.62. The van der Waals surface area contributed by atoms with E-state index >= 15 is 0 Å². The van der Waals surface area contributed by atoms with Crippen LogP contribution < -0.4 is 14.8 Å². The maximum atomic E-state index is 13.1. The molecule has 21 heavy (non-hydrogen) atoms. The molecule has 2 aromatic rings. The quantitative estimate of drug-likeness (QED) is 0.919. The molecule has 0 spiro atoms. The first kappa shape index (κ1) is 14.8. The van der Waals surface area contributed by atoms with Gasteiger partial charge in [0.1, 0.15) is 17.3 Å². The molecule has 0 aliphatic carbocycles. The zero-order valence-electron chi connectivity index (χ0n) is 11.8. The first-order valence-electron chi connectivity index (χ1n) is 6.45. The highest BCUT2D eigenvalue weighted by Gasteiger charge is 2.15. The van der Waals surface area contributed by atoms with Gasteiger partial charge in [0.05, 0.1) is 7.11 Å². The fraction of sp³-hybridized carbons (Fsp3) is 0.188. The van der Waals surface area contributed by atoms with E-state index in [4.69, 9.17) is 9.47 Å². The Morgan fingerprint density at radius 2 is 1.86 bits per heavy atom. The minimum atomic E-state index is -0.722. The highest BCUT2D eigenvalue weighted by molar-refractivity contribution is 5.94. The molecule has 1 atom stereocenters. The van der Waals surface area contributed by atoms with Crippen molar-refractivity contribution in [3.8, 4) is 11.5 Å². The van der Waals surface area contributed by atoms with E-state index in [0.717, 1.165) is 0 Å². The summed E-state index contributed by atoms with van der Waals surface area (Å²) >= 11 is 0. The van der Waals surface area contributed by atoms with E-state index in [-0.39, 0.29) is 5.91 Å². The molecule has 0 aliphatic rings. The van der Waals surface area contributed by atoms with Gasteiger partial charge in [-0.25, -0.2) is 4.39 Å². The Labute approximate surface area is 122 Å². The van der Waals surface area contributed by atoms with Gasteiger partial charge in [-0.15, -0.1) is 0 Å². The molecule has 4 nitrogen and oxygen atoms in total. The van der Waals surface area contributed by atoms with Crippen molar-refractivity contribution < 1.29 is 18.7 Å². The summed E-state index contributed by atoms with van der Waals surface area (Å²) in [5.74, 6) is 0.402. The normalized spacial score (nSPS) is 11.6. The first-order valence-corrected chi connectivity index (χ1v) is 6.45. The fourth-order valence-corrected chi connectivity index (χ4v) is 1.74. The smallest absolute Gasteiger partial charge is 0.265 e. The lowest BCUT2D eigenvalue weighted by Crippen LogP contribution is -2.30. The Hall–Kier alpha value is -2.56. The summed E-state index contributed by atoms with van der Waals surface area (Å²) in [5, 5.41) is 2.60. The molecule has 0 heterocycles. The van der Waals surface area contributed by atoms with Gasteiger partial charge in [-0.1, -0.05) is 12.1 Å². The molecule has 110 valence electrons. The van der Waals surface area contributed by atoms with Crippen LogP contribution in [0.3, 0.4) is 0 Å². The third-order valence-electron chi connectivity index (χ3n) is 2.82. The van der Waals surface area contributed by atoms with Gasteiger partial charge in [0.15, 0.2) is 6.10 Å². The number of ether oxygens (including phenoxy) is 2. The van der Waals surface area contributed by atoms with Crippen LogP contribution >= 0.6 is 0 Å². The summed E-state index contributed by atoms with van der Waals surface area (Å²) in [6, 6.07) is 12.7. The number of carbonyl (C=O) groups excluding carboxylic acids is 1. The third-order valence-corrected chi connectivity index (χ3v) is 2.82. The van der Waals surface area contributed by atoms with Gasteiger partial charge in [-0.05, 0) is 37.3 Å². The van der Waals surface area contributed by atoms with E-state index in [0.29, 0.717) is 17.2 Å². The van der Waals surface area contributed by atoms with Gasteiger partial charge < -0.3 is 14.8 Å². The number of carbonyl (C=O) groups is 1. The Morgan fingerprint density at radius 3 is 2.57 bits per heavy atom. The SMILES string of the molecule is COc1cccc(OC(C)C(=O)Nc2cccc(F)c2)c1. The Balaban J connectivity index is 1.99. The van der Waals surface area contributed by atoms with E-state index < -0.39 is 11.9 Å². The second-order valence-corrected chi connectivity index (χ2v) is 4.44. The van der Waals surface area contributed by atoms with Crippen molar-refractivity contribution in [2.24, 2.45) is 0 Å². The van der Waals surface area contributed by atoms with E-state index in [1.165, 1.54) is 18.2 Å². The van der Waals surface area contributed by atoms with Gasteiger partial charge >= 0.3 is 0 Å². The molecule has 0 aromatic heterocycles. The molecule has 1 amide bonds. The molecule has 5 heteroatoms. The third kappa shape index (κ3) is 4.21. The second kappa shape index (κ2) is 6.74. The van der Waals surface area contributed by atoms with Crippen molar-refractivity contribution >= 4 is 11.6 Å². The molecule has 2 rings (SSSR count). The van der Waals surface area contributed by atoms with Crippen molar-refractivity contribution in [1.29, 1.82) is 0 Å². The van der Waals surface area contributed by atoms with Crippen LogP contribution in [-0.2, 0) is 4.79 Å². The van der Waals surface area contributed by atoms with E-state index in [2.05, 4.69) is 5.32 Å². The molecule has 1 N–H and O–H groups in total. The average Bonchev–Trinajstić information content (AvgIpc) is 2.47. The maximum absolute atomic E-state index is 13.1. The monoisotopic (exact) mass is 289 g/mol. The summed E-state index contributed by atoms with van der Waals surface area (Å²) in [4.78, 5) is 12.0. The Bertz CT molecular complexity index is 630. The molecule has 0 saturated heterocycles. The summed E-state index contributed by atoms with van der Waals surface area (Å²) < 4.78 is 23.7. The van der Waals surface area contributed by atoms with Crippen molar-refractivity contribution in [3.05, 3.63) is 54.3 Å². The van der Waals surface area contributed by atoms with Crippen molar-refractivity contribution in [2.75, 3.05) is 12.4 Å². The van der Waals surface area contributed by atoms with Crippen LogP contribution in [0.2, 0.25) is 0 Å². The number of anilines is 1. The Kier molecular flexibility index (Phi) is 4.77. The fourth-order valence-electron chi connectivity index (χ4n) is 1.74. The number of hydrogen-bond donors (Lipinski definition) is 1. The molecule has 0 radical (unpaired) electrons. The maximum Gasteiger partial charge on any atom is 0.265 e. The summed E-state index contributed by atoms with van der Waals surface area (Å²) in [7, 11) is 1.55. The lowest BCUT2D eigenvalue weighted by Gasteiger charge is -2.15. The largest absolute Gasteiger partial charge is 0.497 e. The predicted molar refractivity (Wildman–Crippen MR) is 78.1 cm³/mol. The van der Waals surface area contributed by atoms with Gasteiger partial charge in [-0.3, -0.25) is 4.79 Å². The standard InChI is InChI=1S/C16H16FNO3/c1-11(21-15-8-4-7-14(10-15)20-2)16(19)18-13-6-3-5-12(17)9-13/h3-11H,1-2H3,(H,18,19). The van der Waals surface area contributed by atoms with Crippen LogP contribution in [0.5, 0.6) is 11.5 Å². The van der Waals surface area contributed by atoms with Crippen LogP contribution in [0.25, 0.3) is 0 Å². The van der Waals surface area contributed by atoms with E-state index in [1.54, 1.807) is 44.4 Å². The van der Waals surface area contributed by atoms with Gasteiger partial charge in [0.2, 0.25) is 0 Å². The number of methoxy groups -OCH3 is 1. The van der Waals surface area contributed by atoms with Crippen LogP contribution in [0.15, 0.2) is 48.5 Å². The number of nitrogens with one attached hydrogen (secondary N) is 1.